The molecule has 2 heterocycles. The molecule has 0 aliphatic carbocycles. The quantitative estimate of drug-likeness (QED) is 0.540. The second-order valence-electron chi connectivity index (χ2n) is 6.44. The van der Waals surface area contributed by atoms with Crippen LogP contribution in [-0.2, 0) is 4.79 Å². The van der Waals surface area contributed by atoms with E-state index in [-0.39, 0.29) is 17.7 Å². The van der Waals surface area contributed by atoms with Crippen LogP contribution >= 0.6 is 11.8 Å². The first kappa shape index (κ1) is 20.9. The molecule has 8 heteroatoms. The van der Waals surface area contributed by atoms with E-state index < -0.39 is 0 Å². The summed E-state index contributed by atoms with van der Waals surface area (Å²) in [5.41, 5.74) is 1.71. The third-order valence-corrected chi connectivity index (χ3v) is 5.26. The van der Waals surface area contributed by atoms with E-state index in [0.29, 0.717) is 17.6 Å². The molecular formula is C21H25N5O2S. The third-order valence-electron chi connectivity index (χ3n) is 4.33. The molecule has 2 aromatic heterocycles. The predicted molar refractivity (Wildman–Crippen MR) is 114 cm³/mol. The van der Waals surface area contributed by atoms with Crippen LogP contribution in [0.4, 0.5) is 0 Å². The van der Waals surface area contributed by atoms with Crippen molar-refractivity contribution >= 4 is 17.7 Å². The number of para-hydroxylation sites is 2. The van der Waals surface area contributed by atoms with Gasteiger partial charge in [-0.25, -0.2) is 0 Å². The summed E-state index contributed by atoms with van der Waals surface area (Å²) in [6.45, 7) is 6.52. The highest BCUT2D eigenvalue weighted by atomic mass is 32.2. The number of hydrogen-bond acceptors (Lipinski definition) is 6. The van der Waals surface area contributed by atoms with E-state index >= 15 is 0 Å². The summed E-state index contributed by atoms with van der Waals surface area (Å²) in [7, 11) is 0. The lowest BCUT2D eigenvalue weighted by Gasteiger charge is -2.15. The monoisotopic (exact) mass is 411 g/mol. The molecule has 1 atom stereocenters. The molecule has 1 aromatic carbocycles. The molecule has 0 bridgehead atoms. The number of rotatable bonds is 9. The van der Waals surface area contributed by atoms with Crippen LogP contribution in [0, 0.1) is 0 Å². The Kier molecular flexibility index (Phi) is 7.24. The number of pyridine rings is 1. The normalized spacial score (nSPS) is 11.8. The van der Waals surface area contributed by atoms with Gasteiger partial charge in [0, 0.05) is 24.0 Å². The van der Waals surface area contributed by atoms with Gasteiger partial charge in [0.05, 0.1) is 18.0 Å². The van der Waals surface area contributed by atoms with E-state index in [9.17, 15) is 4.79 Å². The number of carbonyl (C=O) groups is 1. The number of carbonyl (C=O) groups excluding carboxylic acids is 1. The van der Waals surface area contributed by atoms with Gasteiger partial charge in [0.2, 0.25) is 5.91 Å². The van der Waals surface area contributed by atoms with Gasteiger partial charge >= 0.3 is 0 Å². The zero-order valence-electron chi connectivity index (χ0n) is 16.8. The molecule has 0 unspecified atom stereocenters. The average Bonchev–Trinajstić information content (AvgIpc) is 3.17. The fourth-order valence-electron chi connectivity index (χ4n) is 2.74. The lowest BCUT2D eigenvalue weighted by molar-refractivity contribution is -0.119. The van der Waals surface area contributed by atoms with Crippen LogP contribution in [0.1, 0.15) is 27.2 Å². The second kappa shape index (κ2) is 10.1. The van der Waals surface area contributed by atoms with Crippen molar-refractivity contribution < 1.29 is 9.53 Å². The van der Waals surface area contributed by atoms with E-state index in [4.69, 9.17) is 4.74 Å². The molecule has 0 fully saturated rings. The Morgan fingerprint density at radius 3 is 2.66 bits per heavy atom. The summed E-state index contributed by atoms with van der Waals surface area (Å²) >= 11 is 1.35. The molecular weight excluding hydrogens is 386 g/mol. The van der Waals surface area contributed by atoms with Gasteiger partial charge in [0.15, 0.2) is 11.0 Å². The Hall–Kier alpha value is -2.87. The van der Waals surface area contributed by atoms with Crippen molar-refractivity contribution in [3.8, 4) is 22.8 Å². The highest BCUT2D eigenvalue weighted by Gasteiger charge is 2.20. The summed E-state index contributed by atoms with van der Waals surface area (Å²) in [6, 6.07) is 11.7. The molecule has 0 spiro atoms. The van der Waals surface area contributed by atoms with Gasteiger partial charge in [-0.15, -0.1) is 10.2 Å². The van der Waals surface area contributed by atoms with E-state index in [1.807, 2.05) is 61.7 Å². The van der Waals surface area contributed by atoms with Gasteiger partial charge in [-0.2, -0.15) is 0 Å². The molecule has 29 heavy (non-hydrogen) atoms. The van der Waals surface area contributed by atoms with Gasteiger partial charge in [-0.3, -0.25) is 14.3 Å². The third kappa shape index (κ3) is 5.14. The molecule has 0 saturated heterocycles. The van der Waals surface area contributed by atoms with Gasteiger partial charge in [-0.1, -0.05) is 30.8 Å². The van der Waals surface area contributed by atoms with Crippen LogP contribution in [0.5, 0.6) is 5.75 Å². The molecule has 1 N–H and O–H groups in total. The molecule has 0 saturated carbocycles. The minimum absolute atomic E-state index is 0.0255. The van der Waals surface area contributed by atoms with Gasteiger partial charge in [0.1, 0.15) is 5.75 Å². The zero-order valence-corrected chi connectivity index (χ0v) is 17.6. The van der Waals surface area contributed by atoms with E-state index in [1.165, 1.54) is 11.8 Å². The summed E-state index contributed by atoms with van der Waals surface area (Å²) in [5.74, 6) is 1.64. The van der Waals surface area contributed by atoms with Crippen molar-refractivity contribution in [2.24, 2.45) is 0 Å². The molecule has 3 rings (SSSR count). The van der Waals surface area contributed by atoms with Gasteiger partial charge < -0.3 is 10.1 Å². The first-order valence-electron chi connectivity index (χ1n) is 9.64. The Bertz CT molecular complexity index is 945. The topological polar surface area (TPSA) is 81.9 Å². The second-order valence-corrected chi connectivity index (χ2v) is 7.39. The molecule has 1 amide bonds. The molecule has 0 radical (unpaired) electrons. The lowest BCUT2D eigenvalue weighted by atomic mass is 10.2. The Morgan fingerprint density at radius 1 is 1.17 bits per heavy atom. The number of benzene rings is 1. The van der Waals surface area contributed by atoms with Crippen LogP contribution in [0.2, 0.25) is 0 Å². The molecule has 152 valence electrons. The van der Waals surface area contributed by atoms with E-state index in [2.05, 4.69) is 20.5 Å². The maximum Gasteiger partial charge on any atom is 0.230 e. The highest BCUT2D eigenvalue weighted by molar-refractivity contribution is 7.99. The number of amides is 1. The Labute approximate surface area is 174 Å². The van der Waals surface area contributed by atoms with Crippen LogP contribution in [0.15, 0.2) is 53.9 Å². The lowest BCUT2D eigenvalue weighted by Crippen LogP contribution is -2.33. The maximum atomic E-state index is 12.3. The van der Waals surface area contributed by atoms with E-state index in [1.54, 1.807) is 12.4 Å². The van der Waals surface area contributed by atoms with Gasteiger partial charge in [0.25, 0.3) is 0 Å². The standard InChI is InChI=1S/C21H25N5O2S/c1-4-15(3)23-19(27)14-29-21-25-24-20(16-10-12-22-13-11-16)26(21)17-8-6-7-9-18(17)28-5-2/h6-13,15H,4-5,14H2,1-3H3,(H,23,27)/t15-/m1/s1. The Morgan fingerprint density at radius 2 is 1.93 bits per heavy atom. The number of nitrogens with one attached hydrogen (secondary N) is 1. The smallest absolute Gasteiger partial charge is 0.230 e. The first-order chi connectivity index (χ1) is 14.1. The number of hydrogen-bond donors (Lipinski definition) is 1. The van der Waals surface area contributed by atoms with Crippen molar-refractivity contribution in [1.29, 1.82) is 0 Å². The van der Waals surface area contributed by atoms with Crippen molar-refractivity contribution in [2.75, 3.05) is 12.4 Å². The highest BCUT2D eigenvalue weighted by Crippen LogP contribution is 2.32. The van der Waals surface area contributed by atoms with Crippen LogP contribution in [0.25, 0.3) is 17.1 Å². The number of nitrogens with zero attached hydrogens (tertiary/aromatic N) is 4. The van der Waals surface area contributed by atoms with E-state index in [0.717, 1.165) is 23.4 Å². The number of aromatic nitrogens is 4. The molecule has 3 aromatic rings. The molecule has 0 aliphatic heterocycles. The average molecular weight is 412 g/mol. The molecule has 7 nitrogen and oxygen atoms in total. The summed E-state index contributed by atoms with van der Waals surface area (Å²) in [6.07, 6.45) is 4.32. The van der Waals surface area contributed by atoms with Crippen molar-refractivity contribution in [2.45, 2.75) is 38.4 Å². The Balaban J connectivity index is 1.98. The summed E-state index contributed by atoms with van der Waals surface area (Å²) in [4.78, 5) is 16.3. The fraction of sp³-hybridized carbons (Fsp3) is 0.333. The SMILES string of the molecule is CCOc1ccccc1-n1c(SCC(=O)N[C@H](C)CC)nnc1-c1ccncc1. The summed E-state index contributed by atoms with van der Waals surface area (Å²) in [5, 5.41) is 12.4. The molecule has 0 aliphatic rings. The van der Waals surface area contributed by atoms with Crippen molar-refractivity contribution in [3.63, 3.8) is 0 Å². The zero-order chi connectivity index (χ0) is 20.6. The first-order valence-corrected chi connectivity index (χ1v) is 10.6. The summed E-state index contributed by atoms with van der Waals surface area (Å²) < 4.78 is 7.75. The minimum atomic E-state index is -0.0255. The fourth-order valence-corrected chi connectivity index (χ4v) is 3.49. The van der Waals surface area contributed by atoms with Crippen LogP contribution < -0.4 is 10.1 Å². The number of ether oxygens (including phenoxy) is 1. The van der Waals surface area contributed by atoms with Gasteiger partial charge in [-0.05, 0) is 44.5 Å². The maximum absolute atomic E-state index is 12.3. The minimum Gasteiger partial charge on any atom is -0.492 e. The predicted octanol–water partition coefficient (Wildman–Crippen LogP) is 3.73. The largest absolute Gasteiger partial charge is 0.492 e. The van der Waals surface area contributed by atoms with Crippen LogP contribution in [0.3, 0.4) is 0 Å². The van der Waals surface area contributed by atoms with Crippen molar-refractivity contribution in [1.82, 2.24) is 25.1 Å². The number of thioether (sulfide) groups is 1. The van der Waals surface area contributed by atoms with Crippen LogP contribution in [-0.4, -0.2) is 44.1 Å². The van der Waals surface area contributed by atoms with Crippen molar-refractivity contribution in [3.05, 3.63) is 48.8 Å².